The summed E-state index contributed by atoms with van der Waals surface area (Å²) >= 11 is 0. The molecule has 1 heterocycles. The van der Waals surface area contributed by atoms with Crippen LogP contribution in [0.25, 0.3) is 0 Å². The number of piperidine rings is 1. The number of benzene rings is 1. The van der Waals surface area contributed by atoms with E-state index in [9.17, 15) is 14.7 Å². The Kier molecular flexibility index (Phi) is 3.50. The molecule has 0 bridgehead atoms. The van der Waals surface area contributed by atoms with Crippen LogP contribution in [0.2, 0.25) is 0 Å². The highest BCUT2D eigenvalue weighted by Gasteiger charge is 2.24. The van der Waals surface area contributed by atoms with E-state index in [2.05, 4.69) is 10.6 Å². The third kappa shape index (κ3) is 2.61. The molecule has 0 spiro atoms. The predicted molar refractivity (Wildman–Crippen MR) is 66.3 cm³/mol. The number of hydrogen-bond acceptors (Lipinski definition) is 3. The molecule has 0 aliphatic carbocycles. The molecule has 5 nitrogen and oxygen atoms in total. The number of carbonyl (C=O) groups is 2. The first kappa shape index (κ1) is 12.4. The van der Waals surface area contributed by atoms with E-state index < -0.39 is 6.04 Å². The molecule has 3 N–H and O–H groups in total. The molecule has 0 radical (unpaired) electrons. The van der Waals surface area contributed by atoms with E-state index in [1.165, 1.54) is 6.07 Å². The molecule has 2 amide bonds. The summed E-state index contributed by atoms with van der Waals surface area (Å²) in [5.41, 5.74) is 1.07. The Morgan fingerprint density at radius 1 is 1.50 bits per heavy atom. The average molecular weight is 248 g/mol. The van der Waals surface area contributed by atoms with Crippen molar-refractivity contribution in [2.45, 2.75) is 25.8 Å². The Hall–Kier alpha value is -2.04. The van der Waals surface area contributed by atoms with Gasteiger partial charge in [-0.05, 0) is 37.5 Å². The maximum atomic E-state index is 11.9. The minimum absolute atomic E-state index is 0.0794. The van der Waals surface area contributed by atoms with Crippen molar-refractivity contribution in [2.75, 3.05) is 6.54 Å². The standard InChI is InChI=1S/C13H16N2O3/c1-8-4-5-9(7-11(8)16)12(17)15-10-3-2-6-14-13(10)18/h4-5,7,10,16H,2-3,6H2,1H3,(H,14,18)(H,15,17). The number of hydrogen-bond donors (Lipinski definition) is 3. The maximum Gasteiger partial charge on any atom is 0.252 e. The fourth-order valence-electron chi connectivity index (χ4n) is 1.90. The van der Waals surface area contributed by atoms with Crippen LogP contribution in [-0.4, -0.2) is 29.5 Å². The highest BCUT2D eigenvalue weighted by molar-refractivity contribution is 5.98. The second-order valence-electron chi connectivity index (χ2n) is 4.46. The van der Waals surface area contributed by atoms with Crippen molar-refractivity contribution in [1.29, 1.82) is 0 Å². The molecule has 1 saturated heterocycles. The van der Waals surface area contributed by atoms with Gasteiger partial charge in [0.25, 0.3) is 5.91 Å². The first-order chi connectivity index (χ1) is 8.58. The van der Waals surface area contributed by atoms with E-state index in [0.717, 1.165) is 6.42 Å². The van der Waals surface area contributed by atoms with Crippen LogP contribution in [0.15, 0.2) is 18.2 Å². The third-order valence-corrected chi connectivity index (χ3v) is 3.06. The first-order valence-electron chi connectivity index (χ1n) is 5.96. The van der Waals surface area contributed by atoms with Gasteiger partial charge in [-0.1, -0.05) is 6.07 Å². The van der Waals surface area contributed by atoms with Gasteiger partial charge in [0.2, 0.25) is 5.91 Å². The molecule has 5 heteroatoms. The third-order valence-electron chi connectivity index (χ3n) is 3.06. The van der Waals surface area contributed by atoms with Crippen LogP contribution in [0.4, 0.5) is 0 Å². The number of aryl methyl sites for hydroxylation is 1. The number of phenols is 1. The van der Waals surface area contributed by atoms with Crippen LogP contribution < -0.4 is 10.6 Å². The smallest absolute Gasteiger partial charge is 0.252 e. The van der Waals surface area contributed by atoms with Crippen LogP contribution in [0.1, 0.15) is 28.8 Å². The van der Waals surface area contributed by atoms with Crippen LogP contribution >= 0.6 is 0 Å². The predicted octanol–water partition coefficient (Wildman–Crippen LogP) is 0.709. The molecule has 1 aliphatic rings. The van der Waals surface area contributed by atoms with Crippen molar-refractivity contribution in [3.8, 4) is 5.75 Å². The molecule has 1 fully saturated rings. The van der Waals surface area contributed by atoms with Crippen molar-refractivity contribution in [3.05, 3.63) is 29.3 Å². The summed E-state index contributed by atoms with van der Waals surface area (Å²) in [6.07, 6.45) is 1.51. The lowest BCUT2D eigenvalue weighted by molar-refractivity contribution is -0.124. The van der Waals surface area contributed by atoms with Gasteiger partial charge in [-0.2, -0.15) is 0 Å². The second-order valence-corrected chi connectivity index (χ2v) is 4.46. The zero-order valence-electron chi connectivity index (χ0n) is 10.2. The molecule has 1 atom stereocenters. The molecular formula is C13H16N2O3. The average Bonchev–Trinajstić information content (AvgIpc) is 2.35. The topological polar surface area (TPSA) is 78.4 Å². The van der Waals surface area contributed by atoms with E-state index in [-0.39, 0.29) is 17.6 Å². The van der Waals surface area contributed by atoms with Gasteiger partial charge in [-0.25, -0.2) is 0 Å². The van der Waals surface area contributed by atoms with Gasteiger partial charge in [-0.15, -0.1) is 0 Å². The van der Waals surface area contributed by atoms with Gasteiger partial charge in [0.05, 0.1) is 0 Å². The van der Waals surface area contributed by atoms with Crippen LogP contribution in [0.3, 0.4) is 0 Å². The van der Waals surface area contributed by atoms with Gasteiger partial charge >= 0.3 is 0 Å². The van der Waals surface area contributed by atoms with Gasteiger partial charge in [0, 0.05) is 12.1 Å². The van der Waals surface area contributed by atoms with E-state index in [0.29, 0.717) is 24.1 Å². The summed E-state index contributed by atoms with van der Waals surface area (Å²) in [7, 11) is 0. The largest absolute Gasteiger partial charge is 0.508 e. The molecule has 2 rings (SSSR count). The summed E-state index contributed by atoms with van der Waals surface area (Å²) in [5.74, 6) is -0.408. The minimum atomic E-state index is -0.477. The Morgan fingerprint density at radius 3 is 2.94 bits per heavy atom. The number of phenolic OH excluding ortho intramolecular Hbond substituents is 1. The van der Waals surface area contributed by atoms with Crippen molar-refractivity contribution < 1.29 is 14.7 Å². The van der Waals surface area contributed by atoms with Crippen LogP contribution in [0.5, 0.6) is 5.75 Å². The molecule has 18 heavy (non-hydrogen) atoms. The van der Waals surface area contributed by atoms with Gasteiger partial charge < -0.3 is 15.7 Å². The fraction of sp³-hybridized carbons (Fsp3) is 0.385. The van der Waals surface area contributed by atoms with Crippen molar-refractivity contribution in [1.82, 2.24) is 10.6 Å². The summed E-state index contributed by atoms with van der Waals surface area (Å²) < 4.78 is 0. The molecular weight excluding hydrogens is 232 g/mol. The number of rotatable bonds is 2. The van der Waals surface area contributed by atoms with Crippen LogP contribution in [0, 0.1) is 6.92 Å². The number of aromatic hydroxyl groups is 1. The molecule has 1 aliphatic heterocycles. The highest BCUT2D eigenvalue weighted by atomic mass is 16.3. The first-order valence-corrected chi connectivity index (χ1v) is 5.96. The molecule has 0 aromatic heterocycles. The van der Waals surface area contributed by atoms with Gasteiger partial charge in [0.15, 0.2) is 0 Å². The number of carbonyl (C=O) groups excluding carboxylic acids is 2. The molecule has 1 unspecified atom stereocenters. The zero-order chi connectivity index (χ0) is 13.1. The Bertz CT molecular complexity index is 485. The van der Waals surface area contributed by atoms with Crippen molar-refractivity contribution >= 4 is 11.8 Å². The SMILES string of the molecule is Cc1ccc(C(=O)NC2CCCNC2=O)cc1O. The van der Waals surface area contributed by atoms with Crippen molar-refractivity contribution in [3.63, 3.8) is 0 Å². The van der Waals surface area contributed by atoms with Gasteiger partial charge in [-0.3, -0.25) is 9.59 Å². The summed E-state index contributed by atoms with van der Waals surface area (Å²) in [6.45, 7) is 2.42. The lowest BCUT2D eigenvalue weighted by atomic mass is 10.1. The van der Waals surface area contributed by atoms with E-state index >= 15 is 0 Å². The van der Waals surface area contributed by atoms with Gasteiger partial charge in [0.1, 0.15) is 11.8 Å². The molecule has 1 aromatic rings. The molecule has 0 saturated carbocycles. The maximum absolute atomic E-state index is 11.9. The summed E-state index contributed by atoms with van der Waals surface area (Å²) in [6, 6.07) is 4.23. The fourth-order valence-corrected chi connectivity index (χ4v) is 1.90. The lowest BCUT2D eigenvalue weighted by Crippen LogP contribution is -2.50. The normalized spacial score (nSPS) is 19.2. The summed E-state index contributed by atoms with van der Waals surface area (Å²) in [4.78, 5) is 23.4. The monoisotopic (exact) mass is 248 g/mol. The van der Waals surface area contributed by atoms with E-state index in [1.807, 2.05) is 0 Å². The van der Waals surface area contributed by atoms with E-state index in [4.69, 9.17) is 0 Å². The second kappa shape index (κ2) is 5.08. The zero-order valence-corrected chi connectivity index (χ0v) is 10.2. The Labute approximate surface area is 105 Å². The Balaban J connectivity index is 2.07. The highest BCUT2D eigenvalue weighted by Crippen LogP contribution is 2.17. The van der Waals surface area contributed by atoms with E-state index in [1.54, 1.807) is 19.1 Å². The molecule has 1 aromatic carbocycles. The number of nitrogens with one attached hydrogen (secondary N) is 2. The number of amides is 2. The lowest BCUT2D eigenvalue weighted by Gasteiger charge is -2.22. The summed E-state index contributed by atoms with van der Waals surface area (Å²) in [5, 5.41) is 14.9. The quantitative estimate of drug-likeness (QED) is 0.721. The molecule has 96 valence electrons. The van der Waals surface area contributed by atoms with Crippen molar-refractivity contribution in [2.24, 2.45) is 0 Å². The Morgan fingerprint density at radius 2 is 2.28 bits per heavy atom. The van der Waals surface area contributed by atoms with Crippen LogP contribution in [-0.2, 0) is 4.79 Å². The minimum Gasteiger partial charge on any atom is -0.508 e.